The lowest BCUT2D eigenvalue weighted by Crippen LogP contribution is -2.49. The summed E-state index contributed by atoms with van der Waals surface area (Å²) >= 11 is 0. The number of esters is 1. The minimum atomic E-state index is -1.04. The van der Waals surface area contributed by atoms with Crippen molar-refractivity contribution in [1.82, 2.24) is 10.2 Å². The van der Waals surface area contributed by atoms with Crippen LogP contribution in [0.15, 0.2) is 42.5 Å². The largest absolute Gasteiger partial charge is 0.493 e. The summed E-state index contributed by atoms with van der Waals surface area (Å²) in [6.07, 6.45) is -0.213. The topological polar surface area (TPSA) is 114 Å². The maximum absolute atomic E-state index is 13.1. The fourth-order valence-electron chi connectivity index (χ4n) is 4.28. The van der Waals surface area contributed by atoms with Crippen molar-refractivity contribution in [1.29, 1.82) is 0 Å². The molecule has 2 aromatic carbocycles. The van der Waals surface area contributed by atoms with Crippen molar-refractivity contribution in [2.75, 3.05) is 26.8 Å². The molecule has 1 unspecified atom stereocenters. The van der Waals surface area contributed by atoms with Crippen molar-refractivity contribution in [2.24, 2.45) is 0 Å². The van der Waals surface area contributed by atoms with Crippen molar-refractivity contribution in [2.45, 2.75) is 58.3 Å². The van der Waals surface area contributed by atoms with Crippen LogP contribution < -0.4 is 10.1 Å². The minimum absolute atomic E-state index is 0.00650. The molecule has 0 bridgehead atoms. The summed E-state index contributed by atoms with van der Waals surface area (Å²) in [7, 11) is 1.27. The number of carbonyl (C=O) groups is 3. The van der Waals surface area contributed by atoms with Gasteiger partial charge in [-0.25, -0.2) is 9.59 Å². The predicted octanol–water partition coefficient (Wildman–Crippen LogP) is 3.37. The van der Waals surface area contributed by atoms with E-state index in [1.54, 1.807) is 32.6 Å². The second-order valence-corrected chi connectivity index (χ2v) is 9.96. The molecule has 37 heavy (non-hydrogen) atoms. The Morgan fingerprint density at radius 3 is 2.32 bits per heavy atom. The van der Waals surface area contributed by atoms with Crippen LogP contribution in [0.4, 0.5) is 4.79 Å². The maximum Gasteiger partial charge on any atom is 0.410 e. The van der Waals surface area contributed by atoms with Crippen molar-refractivity contribution in [3.05, 3.63) is 64.7 Å². The van der Waals surface area contributed by atoms with Crippen LogP contribution in [0.25, 0.3) is 0 Å². The molecule has 0 saturated carbocycles. The molecule has 2 aromatic rings. The molecular weight excluding hydrogens is 476 g/mol. The van der Waals surface area contributed by atoms with E-state index in [4.69, 9.17) is 14.2 Å². The van der Waals surface area contributed by atoms with E-state index in [1.807, 2.05) is 24.3 Å². The van der Waals surface area contributed by atoms with Gasteiger partial charge in [0, 0.05) is 12.6 Å². The maximum atomic E-state index is 13.1. The van der Waals surface area contributed by atoms with Gasteiger partial charge >= 0.3 is 12.1 Å². The Bertz CT molecular complexity index is 1100. The van der Waals surface area contributed by atoms with Crippen LogP contribution in [0.3, 0.4) is 0 Å². The number of hydrogen-bond acceptors (Lipinski definition) is 7. The minimum Gasteiger partial charge on any atom is -0.493 e. The summed E-state index contributed by atoms with van der Waals surface area (Å²) in [6.45, 7) is 7.35. The van der Waals surface area contributed by atoms with Gasteiger partial charge in [0.15, 0.2) is 0 Å². The monoisotopic (exact) mass is 512 g/mol. The zero-order chi connectivity index (χ0) is 27.2. The number of methoxy groups -OCH3 is 1. The molecule has 0 radical (unpaired) electrons. The third-order valence-electron chi connectivity index (χ3n) is 5.95. The van der Waals surface area contributed by atoms with Gasteiger partial charge in [0.25, 0.3) is 5.91 Å². The zero-order valence-corrected chi connectivity index (χ0v) is 22.1. The smallest absolute Gasteiger partial charge is 0.410 e. The number of hydrogen-bond donors (Lipinski definition) is 2. The molecular formula is C28H36N2O7. The van der Waals surface area contributed by atoms with Crippen LogP contribution in [0.5, 0.6) is 5.75 Å². The van der Waals surface area contributed by atoms with E-state index in [0.717, 1.165) is 0 Å². The zero-order valence-electron chi connectivity index (χ0n) is 22.1. The summed E-state index contributed by atoms with van der Waals surface area (Å²) < 4.78 is 15.9. The molecule has 0 heterocycles. The van der Waals surface area contributed by atoms with Gasteiger partial charge < -0.3 is 29.5 Å². The van der Waals surface area contributed by atoms with Gasteiger partial charge in [0.2, 0.25) is 0 Å². The number of amides is 2. The Hall–Kier alpha value is -3.59. The van der Waals surface area contributed by atoms with Gasteiger partial charge in [-0.1, -0.05) is 24.3 Å². The van der Waals surface area contributed by atoms with Crippen LogP contribution in [-0.2, 0) is 22.3 Å². The van der Waals surface area contributed by atoms with Crippen LogP contribution in [-0.4, -0.2) is 72.5 Å². The quantitative estimate of drug-likeness (QED) is 0.495. The standard InChI is InChI=1S/C28H36N2O7/c1-6-36-24-15-20(26(33)35-5)11-12-23(24)25(32)29-16-22(31)17-30(27(34)37-28(2,3)4)21-13-18-9-7-8-10-19(18)14-21/h7-12,15,21-22,31H,6,13-14,16-17H2,1-5H3,(H,29,32). The number of nitrogens with one attached hydrogen (secondary N) is 1. The van der Waals surface area contributed by atoms with Crippen LogP contribution >= 0.6 is 0 Å². The average molecular weight is 513 g/mol. The first-order valence-electron chi connectivity index (χ1n) is 12.4. The second kappa shape index (κ2) is 12.1. The van der Waals surface area contributed by atoms with Crippen molar-refractivity contribution < 1.29 is 33.7 Å². The van der Waals surface area contributed by atoms with Gasteiger partial charge in [-0.15, -0.1) is 0 Å². The van der Waals surface area contributed by atoms with E-state index in [0.29, 0.717) is 19.4 Å². The van der Waals surface area contributed by atoms with Gasteiger partial charge in [-0.2, -0.15) is 0 Å². The average Bonchev–Trinajstić information content (AvgIpc) is 3.28. The number of fused-ring (bicyclic) bond motifs is 1. The molecule has 1 aliphatic carbocycles. The summed E-state index contributed by atoms with van der Waals surface area (Å²) in [5, 5.41) is 13.5. The van der Waals surface area contributed by atoms with Crippen molar-refractivity contribution in [3.63, 3.8) is 0 Å². The molecule has 1 atom stereocenters. The fraction of sp³-hybridized carbons (Fsp3) is 0.464. The molecule has 2 N–H and O–H groups in total. The summed E-state index contributed by atoms with van der Waals surface area (Å²) in [5.74, 6) is -0.785. The first-order valence-corrected chi connectivity index (χ1v) is 12.4. The molecule has 2 amide bonds. The van der Waals surface area contributed by atoms with E-state index in [9.17, 15) is 19.5 Å². The Labute approximate surface area is 217 Å². The molecule has 0 spiro atoms. The molecule has 1 aliphatic rings. The normalized spacial score (nSPS) is 13.9. The summed E-state index contributed by atoms with van der Waals surface area (Å²) in [4.78, 5) is 39.3. The Morgan fingerprint density at radius 1 is 1.11 bits per heavy atom. The van der Waals surface area contributed by atoms with Crippen LogP contribution in [0.1, 0.15) is 59.5 Å². The lowest BCUT2D eigenvalue weighted by molar-refractivity contribution is 0.00507. The molecule has 0 saturated heterocycles. The number of aliphatic hydroxyl groups is 1. The summed E-state index contributed by atoms with van der Waals surface area (Å²) in [6, 6.07) is 12.3. The molecule has 0 aromatic heterocycles. The first-order chi connectivity index (χ1) is 17.5. The van der Waals surface area contributed by atoms with E-state index in [1.165, 1.54) is 36.4 Å². The van der Waals surface area contributed by atoms with Crippen molar-refractivity contribution >= 4 is 18.0 Å². The predicted molar refractivity (Wildman–Crippen MR) is 138 cm³/mol. The fourth-order valence-corrected chi connectivity index (χ4v) is 4.28. The lowest BCUT2D eigenvalue weighted by atomic mass is 10.1. The van der Waals surface area contributed by atoms with Gasteiger partial charge in [0.05, 0.1) is 37.5 Å². The highest BCUT2D eigenvalue weighted by atomic mass is 16.6. The molecule has 0 fully saturated rings. The number of carbonyl (C=O) groups excluding carboxylic acids is 3. The van der Waals surface area contributed by atoms with E-state index in [-0.39, 0.29) is 36.0 Å². The molecule has 9 nitrogen and oxygen atoms in total. The number of nitrogens with zero attached hydrogens (tertiary/aromatic N) is 1. The van der Waals surface area contributed by atoms with Crippen molar-refractivity contribution in [3.8, 4) is 5.75 Å². The lowest BCUT2D eigenvalue weighted by Gasteiger charge is -2.33. The number of aliphatic hydroxyl groups excluding tert-OH is 1. The Kier molecular flexibility index (Phi) is 9.15. The first kappa shape index (κ1) is 28.0. The van der Waals surface area contributed by atoms with Crippen LogP contribution in [0, 0.1) is 0 Å². The van der Waals surface area contributed by atoms with Crippen LogP contribution in [0.2, 0.25) is 0 Å². The van der Waals surface area contributed by atoms with Gasteiger partial charge in [-0.3, -0.25) is 4.79 Å². The highest BCUT2D eigenvalue weighted by Gasteiger charge is 2.34. The molecule has 200 valence electrons. The highest BCUT2D eigenvalue weighted by molar-refractivity contribution is 5.99. The highest BCUT2D eigenvalue weighted by Crippen LogP contribution is 2.27. The van der Waals surface area contributed by atoms with E-state index >= 15 is 0 Å². The molecule has 3 rings (SSSR count). The van der Waals surface area contributed by atoms with E-state index in [2.05, 4.69) is 5.32 Å². The Morgan fingerprint density at radius 2 is 1.76 bits per heavy atom. The third-order valence-corrected chi connectivity index (χ3v) is 5.95. The molecule has 9 heteroatoms. The van der Waals surface area contributed by atoms with E-state index < -0.39 is 29.7 Å². The van der Waals surface area contributed by atoms with Gasteiger partial charge in [0.1, 0.15) is 11.4 Å². The second-order valence-electron chi connectivity index (χ2n) is 9.96. The summed E-state index contributed by atoms with van der Waals surface area (Å²) in [5.41, 5.74) is 2.13. The Balaban J connectivity index is 1.68. The third kappa shape index (κ3) is 7.45. The number of rotatable bonds is 9. The number of benzene rings is 2. The number of ether oxygens (including phenoxy) is 3. The molecule has 0 aliphatic heterocycles. The SMILES string of the molecule is CCOc1cc(C(=O)OC)ccc1C(=O)NCC(O)CN(C(=O)OC(C)(C)C)C1Cc2ccccc2C1. The van der Waals surface area contributed by atoms with Gasteiger partial charge in [-0.05, 0) is 69.9 Å².